The van der Waals surface area contributed by atoms with Gasteiger partial charge in [-0.1, -0.05) is 23.8 Å². The van der Waals surface area contributed by atoms with Crippen molar-refractivity contribution in [2.45, 2.75) is 32.8 Å². The Balaban J connectivity index is 1.52. The number of H-pyrrole nitrogens is 1. The van der Waals surface area contributed by atoms with Gasteiger partial charge in [0.15, 0.2) is 5.82 Å². The number of nitrogens with one attached hydrogen (secondary N) is 3. The van der Waals surface area contributed by atoms with Crippen LogP contribution in [-0.4, -0.2) is 16.2 Å². The topological polar surface area (TPSA) is 79.0 Å². The summed E-state index contributed by atoms with van der Waals surface area (Å²) in [7, 11) is 0. The first-order chi connectivity index (χ1) is 17.3. The highest BCUT2D eigenvalue weighted by Crippen LogP contribution is 2.38. The number of aromatic amines is 1. The summed E-state index contributed by atoms with van der Waals surface area (Å²) >= 11 is 0. The van der Waals surface area contributed by atoms with Crippen LogP contribution in [0.2, 0.25) is 0 Å². The summed E-state index contributed by atoms with van der Waals surface area (Å²) in [5, 5.41) is 12.5. The van der Waals surface area contributed by atoms with Crippen LogP contribution in [0.4, 0.5) is 42.6 Å². The highest BCUT2D eigenvalue weighted by molar-refractivity contribution is 6.05. The Labute approximate surface area is 206 Å². The second-order valence-electron chi connectivity index (χ2n) is 8.33. The van der Waals surface area contributed by atoms with E-state index in [4.69, 9.17) is 4.74 Å². The molecule has 2 amide bonds. The predicted octanol–water partition coefficient (Wildman–Crippen LogP) is 7.44. The SMILES string of the molecule is Cc1ccc(NC(=O)Nc2n[nH]c3ccc(OCc4ccc(C(F)(F)F)cc4C(F)(F)F)cc23)c(C)c1. The fourth-order valence-corrected chi connectivity index (χ4v) is 3.70. The number of hydrogen-bond acceptors (Lipinski definition) is 3. The summed E-state index contributed by atoms with van der Waals surface area (Å²) in [6.45, 7) is 3.14. The van der Waals surface area contributed by atoms with E-state index in [0.717, 1.165) is 17.2 Å². The van der Waals surface area contributed by atoms with E-state index in [2.05, 4.69) is 20.8 Å². The quantitative estimate of drug-likeness (QED) is 0.238. The average Bonchev–Trinajstić information content (AvgIpc) is 3.20. The van der Waals surface area contributed by atoms with Gasteiger partial charge < -0.3 is 10.1 Å². The minimum absolute atomic E-state index is 0.0639. The van der Waals surface area contributed by atoms with E-state index in [1.54, 1.807) is 12.1 Å². The number of fused-ring (bicyclic) bond motifs is 1. The normalized spacial score (nSPS) is 12.0. The number of rotatable bonds is 5. The van der Waals surface area contributed by atoms with Crippen molar-refractivity contribution in [3.8, 4) is 5.75 Å². The molecule has 0 saturated carbocycles. The van der Waals surface area contributed by atoms with Gasteiger partial charge >= 0.3 is 18.4 Å². The maximum absolute atomic E-state index is 13.4. The second kappa shape index (κ2) is 9.68. The van der Waals surface area contributed by atoms with Gasteiger partial charge in [-0.15, -0.1) is 0 Å². The summed E-state index contributed by atoms with van der Waals surface area (Å²) in [6.07, 6.45) is -9.92. The zero-order chi connectivity index (χ0) is 27.0. The van der Waals surface area contributed by atoms with Gasteiger partial charge in [0.2, 0.25) is 0 Å². The molecule has 0 atom stereocenters. The van der Waals surface area contributed by atoms with Gasteiger partial charge in [-0.25, -0.2) is 4.79 Å². The molecule has 0 aliphatic heterocycles. The van der Waals surface area contributed by atoms with Crippen LogP contribution in [-0.2, 0) is 19.0 Å². The number of aryl methyl sites for hydroxylation is 2. The molecule has 0 fully saturated rings. The standard InChI is InChI=1S/C25H20F6N4O2/c1-13-3-7-20(14(2)9-13)32-23(36)33-22-18-11-17(6-8-21(18)34-35-22)37-12-15-4-5-16(24(26,27)28)10-19(15)25(29,30)31/h3-11H,12H2,1-2H3,(H3,32,33,34,35,36). The largest absolute Gasteiger partial charge is 0.489 e. The smallest absolute Gasteiger partial charge is 0.416 e. The number of anilines is 2. The van der Waals surface area contributed by atoms with Crippen molar-refractivity contribution >= 4 is 28.4 Å². The zero-order valence-electron chi connectivity index (χ0n) is 19.4. The van der Waals surface area contributed by atoms with Gasteiger partial charge in [0.25, 0.3) is 0 Å². The van der Waals surface area contributed by atoms with E-state index in [9.17, 15) is 31.1 Å². The molecule has 1 aromatic heterocycles. The Bertz CT molecular complexity index is 1460. The molecule has 3 aromatic carbocycles. The lowest BCUT2D eigenvalue weighted by Crippen LogP contribution is -2.20. The minimum atomic E-state index is -5.01. The molecule has 1 heterocycles. The number of alkyl halides is 6. The molecule has 194 valence electrons. The highest BCUT2D eigenvalue weighted by Gasteiger charge is 2.38. The Hall–Kier alpha value is -4.22. The van der Waals surface area contributed by atoms with Gasteiger partial charge in [-0.3, -0.25) is 10.4 Å². The first-order valence-corrected chi connectivity index (χ1v) is 10.8. The maximum atomic E-state index is 13.4. The van der Waals surface area contributed by atoms with Crippen LogP contribution in [0.3, 0.4) is 0 Å². The fraction of sp³-hybridized carbons (Fsp3) is 0.200. The maximum Gasteiger partial charge on any atom is 0.416 e. The van der Waals surface area contributed by atoms with Crippen molar-refractivity contribution in [2.75, 3.05) is 10.6 Å². The van der Waals surface area contributed by atoms with Crippen molar-refractivity contribution in [1.82, 2.24) is 10.2 Å². The first kappa shape index (κ1) is 25.9. The fourth-order valence-electron chi connectivity index (χ4n) is 3.70. The number of hydrogen-bond donors (Lipinski definition) is 3. The van der Waals surface area contributed by atoms with E-state index < -0.39 is 41.7 Å². The third kappa shape index (κ3) is 5.96. The van der Waals surface area contributed by atoms with E-state index in [0.29, 0.717) is 22.7 Å². The van der Waals surface area contributed by atoms with Crippen LogP contribution in [0.5, 0.6) is 5.75 Å². The van der Waals surface area contributed by atoms with Crippen molar-refractivity contribution in [3.05, 3.63) is 82.4 Å². The number of halogens is 6. The molecule has 0 aliphatic carbocycles. The molecule has 0 aliphatic rings. The number of carbonyl (C=O) groups excluding carboxylic acids is 1. The van der Waals surface area contributed by atoms with Gasteiger partial charge in [0.1, 0.15) is 12.4 Å². The van der Waals surface area contributed by atoms with E-state index in [1.165, 1.54) is 12.1 Å². The van der Waals surface area contributed by atoms with Gasteiger partial charge in [0.05, 0.1) is 16.6 Å². The number of carbonyl (C=O) groups is 1. The molecule has 0 spiro atoms. The van der Waals surface area contributed by atoms with E-state index in [1.807, 2.05) is 26.0 Å². The predicted molar refractivity (Wildman–Crippen MR) is 125 cm³/mol. The lowest BCUT2D eigenvalue weighted by atomic mass is 10.0. The van der Waals surface area contributed by atoms with Crippen LogP contribution in [0.25, 0.3) is 10.9 Å². The molecule has 3 N–H and O–H groups in total. The minimum Gasteiger partial charge on any atom is -0.489 e. The molecule has 37 heavy (non-hydrogen) atoms. The van der Waals surface area contributed by atoms with Crippen molar-refractivity contribution in [3.63, 3.8) is 0 Å². The molecular formula is C25H20F6N4O2. The Morgan fingerprint density at radius 1 is 0.919 bits per heavy atom. The number of aromatic nitrogens is 2. The summed E-state index contributed by atoms with van der Waals surface area (Å²) in [6, 6.07) is 10.8. The van der Waals surface area contributed by atoms with Crippen molar-refractivity contribution in [1.29, 1.82) is 0 Å². The Morgan fingerprint density at radius 2 is 1.68 bits per heavy atom. The van der Waals surface area contributed by atoms with Gasteiger partial charge in [-0.2, -0.15) is 31.4 Å². The average molecular weight is 522 g/mol. The third-order valence-corrected chi connectivity index (χ3v) is 5.53. The molecular weight excluding hydrogens is 502 g/mol. The third-order valence-electron chi connectivity index (χ3n) is 5.53. The summed E-state index contributed by atoms with van der Waals surface area (Å²) in [5.74, 6) is 0.271. The second-order valence-corrected chi connectivity index (χ2v) is 8.33. The van der Waals surface area contributed by atoms with Crippen LogP contribution in [0.1, 0.15) is 27.8 Å². The highest BCUT2D eigenvalue weighted by atomic mass is 19.4. The monoisotopic (exact) mass is 522 g/mol. The summed E-state index contributed by atoms with van der Waals surface area (Å²) in [4.78, 5) is 12.5. The summed E-state index contributed by atoms with van der Waals surface area (Å²) < 4.78 is 84.4. The Morgan fingerprint density at radius 3 is 2.35 bits per heavy atom. The summed E-state index contributed by atoms with van der Waals surface area (Å²) in [5.41, 5.74) is -0.287. The van der Waals surface area contributed by atoms with Crippen LogP contribution < -0.4 is 15.4 Å². The number of ether oxygens (including phenoxy) is 1. The number of amides is 2. The molecule has 0 saturated heterocycles. The first-order valence-electron chi connectivity index (χ1n) is 10.8. The van der Waals surface area contributed by atoms with Crippen LogP contribution in [0.15, 0.2) is 54.6 Å². The van der Waals surface area contributed by atoms with Gasteiger partial charge in [-0.05, 0) is 55.8 Å². The molecule has 6 nitrogen and oxygen atoms in total. The van der Waals surface area contributed by atoms with Gasteiger partial charge in [0, 0.05) is 16.6 Å². The van der Waals surface area contributed by atoms with E-state index in [-0.39, 0.29) is 17.6 Å². The van der Waals surface area contributed by atoms with Crippen LogP contribution >= 0.6 is 0 Å². The molecule has 4 aromatic rings. The Kier molecular flexibility index (Phi) is 6.76. The van der Waals surface area contributed by atoms with Crippen molar-refractivity contribution in [2.24, 2.45) is 0 Å². The zero-order valence-corrected chi connectivity index (χ0v) is 19.4. The molecule has 4 rings (SSSR count). The lowest BCUT2D eigenvalue weighted by Gasteiger charge is -2.16. The lowest BCUT2D eigenvalue weighted by molar-refractivity contribution is -0.143. The number of nitrogens with zero attached hydrogens (tertiary/aromatic N) is 1. The van der Waals surface area contributed by atoms with Crippen molar-refractivity contribution < 1.29 is 35.9 Å². The molecule has 12 heteroatoms. The van der Waals surface area contributed by atoms with E-state index >= 15 is 0 Å². The number of urea groups is 1. The number of benzene rings is 3. The molecule has 0 bridgehead atoms. The molecule has 0 radical (unpaired) electrons. The molecule has 0 unspecified atom stereocenters. The van der Waals surface area contributed by atoms with Crippen LogP contribution in [0, 0.1) is 13.8 Å².